The van der Waals surface area contributed by atoms with E-state index in [-0.39, 0.29) is 17.4 Å². The Morgan fingerprint density at radius 1 is 1.18 bits per heavy atom. The molecule has 0 heterocycles. The van der Waals surface area contributed by atoms with Gasteiger partial charge in [-0.3, -0.25) is 0 Å². The van der Waals surface area contributed by atoms with E-state index in [0.717, 1.165) is 0 Å². The summed E-state index contributed by atoms with van der Waals surface area (Å²) in [4.78, 5) is 0. The second-order valence-corrected chi connectivity index (χ2v) is 4.18. The molecular weight excluding hydrogens is 328 g/mol. The Morgan fingerprint density at radius 3 is 1.18 bits per heavy atom. The maximum atomic E-state index is 8.70. The van der Waals surface area contributed by atoms with E-state index in [1.165, 1.54) is 0 Å². The van der Waals surface area contributed by atoms with E-state index < -0.39 is 30.4 Å². The van der Waals surface area contributed by atoms with Crippen molar-refractivity contribution in [1.82, 2.24) is 0 Å². The molecule has 67 valence electrons. The second-order valence-electron chi connectivity index (χ2n) is 0.836. The van der Waals surface area contributed by atoms with Crippen LogP contribution in [0.2, 0.25) is 0 Å². The Kier molecular flexibility index (Phi) is 10.2. The first kappa shape index (κ1) is 17.8. The molecule has 11 heteroatoms. The van der Waals surface area contributed by atoms with Crippen LogP contribution in [-0.4, -0.2) is 4.16 Å². The molecule has 0 aliphatic carbocycles. The summed E-state index contributed by atoms with van der Waals surface area (Å²) in [6.45, 7) is 0. The molecule has 0 atom stereocenters. The normalized spacial score (nSPS) is 10.5. The molecule has 0 saturated carbocycles. The molecule has 0 aromatic rings. The SMILES string of the molecule is [Cr+3].[O]=[Cr](=[O])([O-])[OH].[O]=[Mo](=[O])([O-])[O-]. The fourth-order valence-corrected chi connectivity index (χ4v) is 0. The summed E-state index contributed by atoms with van der Waals surface area (Å²) in [6.07, 6.45) is 0. The van der Waals surface area contributed by atoms with Crippen molar-refractivity contribution in [1.29, 1.82) is 0 Å². The maximum absolute atomic E-state index is 8.70. The fraction of sp³-hybridized carbons (Fsp3) is 0. The van der Waals surface area contributed by atoms with E-state index in [4.69, 9.17) is 30.2 Å². The second kappa shape index (κ2) is 6.32. The van der Waals surface area contributed by atoms with Crippen LogP contribution in [0.3, 0.4) is 0 Å². The monoisotopic (exact) mass is 331 g/mol. The van der Waals surface area contributed by atoms with Crippen LogP contribution in [0.25, 0.3) is 0 Å². The average Bonchev–Trinajstić information content (AvgIpc) is 1.12. The van der Waals surface area contributed by atoms with Crippen LogP contribution in [0, 0.1) is 0 Å². The quantitative estimate of drug-likeness (QED) is 0.435. The van der Waals surface area contributed by atoms with Gasteiger partial charge in [0.25, 0.3) is 0 Å². The molecule has 1 N–H and O–H groups in total. The molecule has 0 aliphatic heterocycles. The van der Waals surface area contributed by atoms with Crippen molar-refractivity contribution >= 4 is 0 Å². The molecule has 0 amide bonds. The standard InChI is InChI=1S/2Cr.Mo.H2O.7O/h;;;1H2;;;;;;;/q+1;+3;;;;;;;3*-1/p-1. The van der Waals surface area contributed by atoms with Gasteiger partial charge in [0.05, 0.1) is 0 Å². The van der Waals surface area contributed by atoms with Gasteiger partial charge in [-0.15, -0.1) is 0 Å². The van der Waals surface area contributed by atoms with Crippen LogP contribution in [-0.2, 0) is 62.1 Å². The first-order chi connectivity index (χ1) is 4.00. The van der Waals surface area contributed by atoms with Crippen LogP contribution in [0.1, 0.15) is 0 Å². The summed E-state index contributed by atoms with van der Waals surface area (Å²) in [5.41, 5.74) is 0. The summed E-state index contributed by atoms with van der Waals surface area (Å²) >= 11 is -11.5. The van der Waals surface area contributed by atoms with Gasteiger partial charge in [-0.25, -0.2) is 0 Å². The van der Waals surface area contributed by atoms with Gasteiger partial charge in [0.1, 0.15) is 0 Å². The van der Waals surface area contributed by atoms with Gasteiger partial charge < -0.3 is 0 Å². The Hall–Kier alpha value is 0.793. The zero-order valence-electron chi connectivity index (χ0n) is 4.53. The summed E-state index contributed by atoms with van der Waals surface area (Å²) in [5.74, 6) is 0. The molecule has 11 heavy (non-hydrogen) atoms. The first-order valence-corrected chi connectivity index (χ1v) is 6.76. The van der Waals surface area contributed by atoms with Crippen LogP contribution in [0.15, 0.2) is 0 Å². The zero-order chi connectivity index (χ0) is 9.00. The summed E-state index contributed by atoms with van der Waals surface area (Å²) in [7, 11) is 0. The molecule has 0 spiro atoms. The predicted molar refractivity (Wildman–Crippen MR) is 4.96 cm³/mol. The van der Waals surface area contributed by atoms with E-state index in [1.54, 1.807) is 0 Å². The van der Waals surface area contributed by atoms with Crippen molar-refractivity contribution in [3.05, 3.63) is 0 Å². The molecule has 8 nitrogen and oxygen atoms in total. The predicted octanol–water partition coefficient (Wildman–Crippen LogP) is -4.61. The minimum atomic E-state index is -6.02. The molecule has 0 bridgehead atoms. The molecular formula is HCr2MoO8. The van der Waals surface area contributed by atoms with E-state index >= 15 is 0 Å². The van der Waals surface area contributed by atoms with Crippen LogP contribution in [0.4, 0.5) is 0 Å². The number of hydrogen-bond donors (Lipinski definition) is 1. The van der Waals surface area contributed by atoms with E-state index in [9.17, 15) is 0 Å². The van der Waals surface area contributed by atoms with E-state index in [1.807, 2.05) is 0 Å². The molecule has 1 radical (unpaired) electrons. The first-order valence-electron chi connectivity index (χ1n) is 1.35. The Bertz CT molecular complexity index is 208. The van der Waals surface area contributed by atoms with Gasteiger partial charge >= 0.3 is 78.0 Å². The van der Waals surface area contributed by atoms with E-state index in [0.29, 0.717) is 0 Å². The van der Waals surface area contributed by atoms with Crippen LogP contribution in [0.5, 0.6) is 0 Å². The van der Waals surface area contributed by atoms with Gasteiger partial charge in [-0.05, 0) is 0 Å². The third kappa shape index (κ3) is 1330. The Morgan fingerprint density at radius 2 is 1.18 bits per heavy atom. The summed E-state index contributed by atoms with van der Waals surface area (Å²) in [6, 6.07) is 0. The Labute approximate surface area is 77.7 Å². The third-order valence-corrected chi connectivity index (χ3v) is 0. The number of hydrogen-bond acceptors (Lipinski definition) is 7. The minimum absolute atomic E-state index is 0. The van der Waals surface area contributed by atoms with Gasteiger partial charge in [-0.2, -0.15) is 0 Å². The zero-order valence-corrected chi connectivity index (χ0v) is 9.09. The van der Waals surface area contributed by atoms with Gasteiger partial charge in [-0.1, -0.05) is 0 Å². The topological polar surface area (TPSA) is 158 Å². The Balaban J connectivity index is -0.000000107. The van der Waals surface area contributed by atoms with E-state index in [2.05, 4.69) is 0 Å². The van der Waals surface area contributed by atoms with Gasteiger partial charge in [0.2, 0.25) is 0 Å². The van der Waals surface area contributed by atoms with Crippen molar-refractivity contribution in [3.63, 3.8) is 0 Å². The molecule has 0 aliphatic rings. The van der Waals surface area contributed by atoms with Crippen LogP contribution >= 0.6 is 0 Å². The van der Waals surface area contributed by atoms with Gasteiger partial charge in [0, 0.05) is 0 Å². The van der Waals surface area contributed by atoms with Crippen molar-refractivity contribution in [2.75, 3.05) is 0 Å². The third-order valence-electron chi connectivity index (χ3n) is 0. The number of rotatable bonds is 0. The van der Waals surface area contributed by atoms with Crippen molar-refractivity contribution in [3.8, 4) is 0 Å². The van der Waals surface area contributed by atoms with Crippen molar-refractivity contribution < 1.29 is 78.0 Å². The fourth-order valence-electron chi connectivity index (χ4n) is 0. The van der Waals surface area contributed by atoms with Crippen LogP contribution < -0.4 is 11.7 Å². The molecule has 0 saturated heterocycles. The average molecular weight is 329 g/mol. The molecule has 0 rings (SSSR count). The summed E-state index contributed by atoms with van der Waals surface area (Å²) in [5, 5.41) is 0. The van der Waals surface area contributed by atoms with Crippen molar-refractivity contribution in [2.45, 2.75) is 0 Å². The summed E-state index contributed by atoms with van der Waals surface area (Å²) < 4.78 is 67.6. The molecule has 0 fully saturated rings. The van der Waals surface area contributed by atoms with Crippen molar-refractivity contribution in [2.24, 2.45) is 0 Å². The molecule has 0 unspecified atom stereocenters. The molecule has 0 aromatic heterocycles. The molecule has 0 aromatic carbocycles. The van der Waals surface area contributed by atoms with Gasteiger partial charge in [0.15, 0.2) is 0 Å².